The molecule has 0 radical (unpaired) electrons. The Bertz CT molecular complexity index is 1100. The average Bonchev–Trinajstić information content (AvgIpc) is 3.24. The lowest BCUT2D eigenvalue weighted by molar-refractivity contribution is -0.145. The molecule has 180 valence electrons. The second-order valence-electron chi connectivity index (χ2n) is 9.67. The zero-order valence-electron chi connectivity index (χ0n) is 19.4. The van der Waals surface area contributed by atoms with Crippen LogP contribution in [0.15, 0.2) is 30.3 Å². The molecular weight excluding hydrogens is 436 g/mol. The van der Waals surface area contributed by atoms with Gasteiger partial charge in [0.25, 0.3) is 5.91 Å². The van der Waals surface area contributed by atoms with Gasteiger partial charge >= 0.3 is 12.1 Å². The van der Waals surface area contributed by atoms with Gasteiger partial charge in [-0.25, -0.2) is 4.79 Å². The Labute approximate surface area is 198 Å². The number of carbonyl (C=O) groups excluding carboxylic acids is 2. The van der Waals surface area contributed by atoms with Crippen LogP contribution in [-0.2, 0) is 29.2 Å². The molecule has 9 nitrogen and oxygen atoms in total. The number of hydrogen-bond donors (Lipinski definition) is 1. The van der Waals surface area contributed by atoms with Crippen molar-refractivity contribution in [2.45, 2.75) is 70.8 Å². The fraction of sp³-hybridized carbons (Fsp3) is 0.520. The molecule has 2 amide bonds. The molecule has 4 heterocycles. The van der Waals surface area contributed by atoms with E-state index in [1.54, 1.807) is 15.6 Å². The molecule has 1 aromatic carbocycles. The van der Waals surface area contributed by atoms with Crippen LogP contribution in [0.25, 0.3) is 0 Å². The maximum Gasteiger partial charge on any atom is 0.410 e. The van der Waals surface area contributed by atoms with Crippen LogP contribution < -0.4 is 0 Å². The van der Waals surface area contributed by atoms with E-state index < -0.39 is 5.97 Å². The first-order valence-electron chi connectivity index (χ1n) is 12.0. The molecule has 0 saturated carbocycles. The van der Waals surface area contributed by atoms with E-state index in [4.69, 9.17) is 4.74 Å². The van der Waals surface area contributed by atoms with E-state index in [0.717, 1.165) is 36.1 Å². The van der Waals surface area contributed by atoms with Crippen LogP contribution in [-0.4, -0.2) is 61.3 Å². The summed E-state index contributed by atoms with van der Waals surface area (Å²) < 4.78 is 7.29. The molecule has 2 atom stereocenters. The molecule has 34 heavy (non-hydrogen) atoms. The summed E-state index contributed by atoms with van der Waals surface area (Å²) in [5.74, 6) is -1.28. The summed E-state index contributed by atoms with van der Waals surface area (Å²) in [4.78, 5) is 41.1. The normalized spacial score (nSPS) is 23.9. The Hall–Kier alpha value is -3.36. The number of aromatic nitrogens is 2. The van der Waals surface area contributed by atoms with Crippen LogP contribution in [0.2, 0.25) is 0 Å². The highest BCUT2D eigenvalue weighted by molar-refractivity contribution is 5.93. The van der Waals surface area contributed by atoms with Gasteiger partial charge in [0.1, 0.15) is 6.61 Å². The Kier molecular flexibility index (Phi) is 6.02. The zero-order valence-corrected chi connectivity index (χ0v) is 19.4. The summed E-state index contributed by atoms with van der Waals surface area (Å²) in [5, 5.41) is 14.0. The minimum absolute atomic E-state index is 0.0482. The number of rotatable bonds is 4. The van der Waals surface area contributed by atoms with Crippen molar-refractivity contribution in [2.24, 2.45) is 5.92 Å². The molecule has 2 unspecified atom stereocenters. The van der Waals surface area contributed by atoms with Gasteiger partial charge in [-0.2, -0.15) is 5.10 Å². The van der Waals surface area contributed by atoms with Crippen LogP contribution in [0.5, 0.6) is 0 Å². The predicted octanol–water partition coefficient (Wildman–Crippen LogP) is 3.20. The number of carbonyl (C=O) groups is 3. The second kappa shape index (κ2) is 9.12. The molecule has 2 fully saturated rings. The van der Waals surface area contributed by atoms with Crippen LogP contribution in [0.3, 0.4) is 0 Å². The summed E-state index contributed by atoms with van der Waals surface area (Å²) in [6.07, 6.45) is 3.31. The summed E-state index contributed by atoms with van der Waals surface area (Å²) in [5.41, 5.74) is 3.23. The van der Waals surface area contributed by atoms with E-state index in [9.17, 15) is 19.5 Å². The highest BCUT2D eigenvalue weighted by Crippen LogP contribution is 2.38. The highest BCUT2D eigenvalue weighted by Gasteiger charge is 2.44. The molecule has 5 rings (SSSR count). The molecule has 2 saturated heterocycles. The number of ether oxygens (including phenoxy) is 1. The van der Waals surface area contributed by atoms with Gasteiger partial charge in [0.05, 0.1) is 24.7 Å². The summed E-state index contributed by atoms with van der Waals surface area (Å²) in [6, 6.07) is 9.53. The Morgan fingerprint density at radius 1 is 1.12 bits per heavy atom. The van der Waals surface area contributed by atoms with E-state index in [0.29, 0.717) is 38.2 Å². The average molecular weight is 467 g/mol. The SMILES string of the molecule is Cc1cccc(COC(=O)N2CCn3nc(C(=O)N4C5CCCC4CC(C(=O)O)C5)cc3C2)c1. The van der Waals surface area contributed by atoms with Crippen LogP contribution in [0.1, 0.15) is 59.4 Å². The molecular formula is C25H30N4O5. The molecule has 2 bridgehead atoms. The molecule has 3 aliphatic heterocycles. The smallest absolute Gasteiger partial charge is 0.410 e. The quantitative estimate of drug-likeness (QED) is 0.742. The number of fused-ring (bicyclic) bond motifs is 3. The van der Waals surface area contributed by atoms with Crippen molar-refractivity contribution >= 4 is 18.0 Å². The minimum atomic E-state index is -0.768. The number of nitrogens with zero attached hydrogens (tertiary/aromatic N) is 4. The topological polar surface area (TPSA) is 105 Å². The largest absolute Gasteiger partial charge is 0.481 e. The van der Waals surface area contributed by atoms with Crippen molar-refractivity contribution in [1.82, 2.24) is 19.6 Å². The van der Waals surface area contributed by atoms with E-state index >= 15 is 0 Å². The van der Waals surface area contributed by atoms with Gasteiger partial charge in [0, 0.05) is 18.6 Å². The monoisotopic (exact) mass is 466 g/mol. The Morgan fingerprint density at radius 2 is 1.88 bits per heavy atom. The van der Waals surface area contributed by atoms with Gasteiger partial charge in [0.15, 0.2) is 5.69 Å². The van der Waals surface area contributed by atoms with Crippen molar-refractivity contribution in [1.29, 1.82) is 0 Å². The molecule has 0 spiro atoms. The Morgan fingerprint density at radius 3 is 2.59 bits per heavy atom. The third-order valence-corrected chi connectivity index (χ3v) is 7.28. The fourth-order valence-electron chi connectivity index (χ4n) is 5.61. The maximum absolute atomic E-state index is 13.4. The number of carboxylic acid groups (broad SMARTS) is 1. The van der Waals surface area contributed by atoms with Gasteiger partial charge in [-0.1, -0.05) is 29.8 Å². The maximum atomic E-state index is 13.4. The van der Waals surface area contributed by atoms with Crippen LogP contribution in [0, 0.1) is 12.8 Å². The molecule has 1 aromatic heterocycles. The minimum Gasteiger partial charge on any atom is -0.481 e. The first-order valence-corrected chi connectivity index (χ1v) is 12.0. The van der Waals surface area contributed by atoms with Crippen molar-refractivity contribution < 1.29 is 24.2 Å². The predicted molar refractivity (Wildman–Crippen MR) is 122 cm³/mol. The summed E-state index contributed by atoms with van der Waals surface area (Å²) in [7, 11) is 0. The van der Waals surface area contributed by atoms with Crippen molar-refractivity contribution in [3.8, 4) is 0 Å². The number of benzene rings is 1. The number of aliphatic carboxylic acids is 1. The number of amides is 2. The van der Waals surface area contributed by atoms with Crippen LogP contribution >= 0.6 is 0 Å². The molecule has 9 heteroatoms. The number of hydrogen-bond acceptors (Lipinski definition) is 5. The van der Waals surface area contributed by atoms with E-state index in [1.165, 1.54) is 0 Å². The van der Waals surface area contributed by atoms with Crippen molar-refractivity contribution in [2.75, 3.05) is 6.54 Å². The lowest BCUT2D eigenvalue weighted by atomic mass is 9.78. The highest BCUT2D eigenvalue weighted by atomic mass is 16.6. The number of aryl methyl sites for hydroxylation is 1. The molecule has 2 aromatic rings. The zero-order chi connectivity index (χ0) is 23.8. The third-order valence-electron chi connectivity index (χ3n) is 7.28. The molecule has 3 aliphatic rings. The molecule has 0 aliphatic carbocycles. The first-order chi connectivity index (χ1) is 16.4. The van der Waals surface area contributed by atoms with Gasteiger partial charge in [-0.3, -0.25) is 14.3 Å². The Balaban J connectivity index is 1.24. The summed E-state index contributed by atoms with van der Waals surface area (Å²) in [6.45, 7) is 3.51. The lowest BCUT2D eigenvalue weighted by Crippen LogP contribution is -2.55. The van der Waals surface area contributed by atoms with E-state index in [1.807, 2.05) is 36.1 Å². The van der Waals surface area contributed by atoms with Gasteiger partial charge < -0.3 is 19.6 Å². The molecule has 1 N–H and O–H groups in total. The van der Waals surface area contributed by atoms with Crippen LogP contribution in [0.4, 0.5) is 4.79 Å². The number of piperidine rings is 2. The lowest BCUT2D eigenvalue weighted by Gasteiger charge is -2.47. The van der Waals surface area contributed by atoms with Gasteiger partial charge in [-0.05, 0) is 50.7 Å². The van der Waals surface area contributed by atoms with E-state index in [2.05, 4.69) is 5.10 Å². The van der Waals surface area contributed by atoms with Gasteiger partial charge in [0.2, 0.25) is 0 Å². The standard InChI is InChI=1S/C25H30N4O5/c1-16-4-2-5-17(10-16)15-34-25(33)27-8-9-28-21(14-27)13-22(26-28)23(30)29-19-6-3-7-20(29)12-18(11-19)24(31)32/h2,4-5,10,13,18-20H,3,6-9,11-12,14-15H2,1H3,(H,31,32). The fourth-order valence-corrected chi connectivity index (χ4v) is 5.61. The van der Waals surface area contributed by atoms with E-state index in [-0.39, 0.29) is 36.6 Å². The summed E-state index contributed by atoms with van der Waals surface area (Å²) >= 11 is 0. The third kappa shape index (κ3) is 4.38. The van der Waals surface area contributed by atoms with Gasteiger partial charge in [-0.15, -0.1) is 0 Å². The number of carboxylic acids is 1. The second-order valence-corrected chi connectivity index (χ2v) is 9.67. The first kappa shape index (κ1) is 22.4. The van der Waals surface area contributed by atoms with Crippen molar-refractivity contribution in [3.05, 3.63) is 52.8 Å². The van der Waals surface area contributed by atoms with Crippen molar-refractivity contribution in [3.63, 3.8) is 0 Å².